The van der Waals surface area contributed by atoms with Crippen molar-refractivity contribution in [3.05, 3.63) is 24.3 Å². The van der Waals surface area contributed by atoms with Gasteiger partial charge >= 0.3 is 12.2 Å². The van der Waals surface area contributed by atoms with Crippen molar-refractivity contribution < 1.29 is 19.1 Å². The van der Waals surface area contributed by atoms with Crippen LogP contribution in [0.3, 0.4) is 0 Å². The molecule has 0 fully saturated rings. The quantitative estimate of drug-likeness (QED) is 0.844. The fraction of sp³-hybridized carbons (Fsp3) is 0.273. The van der Waals surface area contributed by atoms with Gasteiger partial charge in [-0.1, -0.05) is 6.07 Å². The maximum absolute atomic E-state index is 11.2. The van der Waals surface area contributed by atoms with E-state index in [2.05, 4.69) is 15.4 Å². The van der Waals surface area contributed by atoms with Crippen LogP contribution in [0.15, 0.2) is 24.3 Å². The summed E-state index contributed by atoms with van der Waals surface area (Å²) in [4.78, 5) is 22.1. The van der Waals surface area contributed by atoms with Crippen LogP contribution in [0, 0.1) is 0 Å². The third kappa shape index (κ3) is 4.42. The highest BCUT2D eigenvalue weighted by Gasteiger charge is 2.05. The summed E-state index contributed by atoms with van der Waals surface area (Å²) >= 11 is 0. The zero-order chi connectivity index (χ0) is 12.7. The minimum Gasteiger partial charge on any atom is -0.453 e. The lowest BCUT2D eigenvalue weighted by Gasteiger charge is -2.07. The third-order valence-electron chi connectivity index (χ3n) is 1.80. The van der Waals surface area contributed by atoms with Crippen LogP contribution in [0.25, 0.3) is 0 Å². The van der Waals surface area contributed by atoms with Crippen molar-refractivity contribution in [2.75, 3.05) is 19.0 Å². The van der Waals surface area contributed by atoms with Crippen LogP contribution < -0.4 is 15.4 Å². The van der Waals surface area contributed by atoms with Gasteiger partial charge in [0.1, 0.15) is 5.75 Å². The molecule has 6 nitrogen and oxygen atoms in total. The molecule has 1 rings (SSSR count). The Balaban J connectivity index is 2.65. The van der Waals surface area contributed by atoms with E-state index in [1.54, 1.807) is 25.1 Å². The third-order valence-corrected chi connectivity index (χ3v) is 1.80. The van der Waals surface area contributed by atoms with Crippen molar-refractivity contribution >= 4 is 17.9 Å². The fourth-order valence-corrected chi connectivity index (χ4v) is 1.09. The van der Waals surface area contributed by atoms with Crippen LogP contribution in [-0.4, -0.2) is 25.8 Å². The smallest absolute Gasteiger partial charge is 0.412 e. The minimum atomic E-state index is -0.583. The molecular weight excluding hydrogens is 224 g/mol. The molecule has 1 aromatic rings. The molecular formula is C11H14N2O4. The number of amides is 2. The molecule has 17 heavy (non-hydrogen) atoms. The first-order chi connectivity index (χ1) is 8.15. The predicted molar refractivity (Wildman–Crippen MR) is 62.2 cm³/mol. The van der Waals surface area contributed by atoms with Crippen molar-refractivity contribution in [2.24, 2.45) is 0 Å². The maximum Gasteiger partial charge on any atom is 0.412 e. The Labute approximate surface area is 98.9 Å². The normalized spacial score (nSPS) is 9.29. The lowest BCUT2D eigenvalue weighted by atomic mass is 10.3. The van der Waals surface area contributed by atoms with E-state index in [4.69, 9.17) is 4.74 Å². The molecule has 0 aliphatic rings. The van der Waals surface area contributed by atoms with Crippen molar-refractivity contribution in [1.29, 1.82) is 0 Å². The molecule has 0 aliphatic heterocycles. The molecule has 0 unspecified atom stereocenters. The molecule has 92 valence electrons. The molecule has 1 aromatic carbocycles. The highest BCUT2D eigenvalue weighted by Crippen LogP contribution is 2.17. The lowest BCUT2D eigenvalue weighted by molar-refractivity contribution is 0.187. The van der Waals surface area contributed by atoms with Gasteiger partial charge in [0.2, 0.25) is 0 Å². The monoisotopic (exact) mass is 238 g/mol. The Morgan fingerprint density at radius 1 is 1.29 bits per heavy atom. The highest BCUT2D eigenvalue weighted by atomic mass is 16.6. The second kappa shape index (κ2) is 6.37. The van der Waals surface area contributed by atoms with Gasteiger partial charge in [0.15, 0.2) is 0 Å². The van der Waals surface area contributed by atoms with Crippen molar-refractivity contribution in [3.63, 3.8) is 0 Å². The number of methoxy groups -OCH3 is 1. The number of benzene rings is 1. The SMILES string of the molecule is CCNC(=O)Oc1cccc(NC(=O)OC)c1. The van der Waals surface area contributed by atoms with Crippen molar-refractivity contribution in [3.8, 4) is 5.75 Å². The predicted octanol–water partition coefficient (Wildman–Crippen LogP) is 1.97. The summed E-state index contributed by atoms with van der Waals surface area (Å²) in [6.45, 7) is 2.27. The van der Waals surface area contributed by atoms with E-state index in [1.165, 1.54) is 13.2 Å². The Morgan fingerprint density at radius 2 is 2.06 bits per heavy atom. The van der Waals surface area contributed by atoms with Crippen LogP contribution in [0.1, 0.15) is 6.92 Å². The Morgan fingerprint density at radius 3 is 2.71 bits per heavy atom. The summed E-state index contributed by atoms with van der Waals surface area (Å²) in [5, 5.41) is 4.96. The van der Waals surface area contributed by atoms with Crippen LogP contribution in [0.2, 0.25) is 0 Å². The lowest BCUT2D eigenvalue weighted by Crippen LogP contribution is -2.26. The number of rotatable bonds is 3. The van der Waals surface area contributed by atoms with Gasteiger partial charge in [-0.15, -0.1) is 0 Å². The first-order valence-corrected chi connectivity index (χ1v) is 5.06. The summed E-state index contributed by atoms with van der Waals surface area (Å²) in [6, 6.07) is 6.44. The first kappa shape index (κ1) is 12.8. The summed E-state index contributed by atoms with van der Waals surface area (Å²) in [5.74, 6) is 0.338. The van der Waals surface area contributed by atoms with Crippen LogP contribution >= 0.6 is 0 Å². The van der Waals surface area contributed by atoms with E-state index in [0.717, 1.165) is 0 Å². The molecule has 0 atom stereocenters. The zero-order valence-corrected chi connectivity index (χ0v) is 9.65. The number of hydrogen-bond donors (Lipinski definition) is 2. The van der Waals surface area contributed by atoms with Gasteiger partial charge in [0, 0.05) is 18.3 Å². The molecule has 0 spiro atoms. The standard InChI is InChI=1S/C11H14N2O4/c1-3-12-10(14)17-9-6-4-5-8(7-9)13-11(15)16-2/h4-7H,3H2,1-2H3,(H,12,14)(H,13,15). The summed E-state index contributed by atoms with van der Waals surface area (Å²) in [7, 11) is 1.27. The molecule has 0 aromatic heterocycles. The van der Waals surface area contributed by atoms with Crippen LogP contribution in [0.4, 0.5) is 15.3 Å². The molecule has 0 heterocycles. The molecule has 0 aliphatic carbocycles. The number of carbonyl (C=O) groups is 2. The molecule has 0 saturated carbocycles. The van der Waals surface area contributed by atoms with Gasteiger partial charge in [-0.2, -0.15) is 0 Å². The number of ether oxygens (including phenoxy) is 2. The van der Waals surface area contributed by atoms with E-state index >= 15 is 0 Å². The minimum absolute atomic E-state index is 0.338. The second-order valence-corrected chi connectivity index (χ2v) is 3.06. The maximum atomic E-state index is 11.2. The van der Waals surface area contributed by atoms with Gasteiger partial charge in [-0.25, -0.2) is 9.59 Å². The Kier molecular flexibility index (Phi) is 4.80. The summed E-state index contributed by atoms with van der Waals surface area (Å²) in [5.41, 5.74) is 0.485. The van der Waals surface area contributed by atoms with Crippen LogP contribution in [0.5, 0.6) is 5.75 Å². The number of anilines is 1. The fourth-order valence-electron chi connectivity index (χ4n) is 1.09. The second-order valence-electron chi connectivity index (χ2n) is 3.06. The topological polar surface area (TPSA) is 76.7 Å². The molecule has 0 bridgehead atoms. The van der Waals surface area contributed by atoms with E-state index in [-0.39, 0.29) is 0 Å². The first-order valence-electron chi connectivity index (χ1n) is 5.06. The molecule has 2 amide bonds. The Bertz CT molecular complexity index is 406. The summed E-state index contributed by atoms with van der Waals surface area (Å²) < 4.78 is 9.41. The highest BCUT2D eigenvalue weighted by molar-refractivity contribution is 5.84. The van der Waals surface area contributed by atoms with Gasteiger partial charge in [0.05, 0.1) is 7.11 Å². The Hall–Kier alpha value is -2.24. The van der Waals surface area contributed by atoms with Crippen LogP contribution in [-0.2, 0) is 4.74 Å². The largest absolute Gasteiger partial charge is 0.453 e. The number of carbonyl (C=O) groups excluding carboxylic acids is 2. The zero-order valence-electron chi connectivity index (χ0n) is 9.65. The number of nitrogens with one attached hydrogen (secondary N) is 2. The average molecular weight is 238 g/mol. The van der Waals surface area contributed by atoms with Gasteiger partial charge < -0.3 is 14.8 Å². The molecule has 2 N–H and O–H groups in total. The van der Waals surface area contributed by atoms with Crippen molar-refractivity contribution in [1.82, 2.24) is 5.32 Å². The number of hydrogen-bond acceptors (Lipinski definition) is 4. The van der Waals surface area contributed by atoms with E-state index in [0.29, 0.717) is 18.0 Å². The van der Waals surface area contributed by atoms with E-state index in [1.807, 2.05) is 0 Å². The molecule has 0 saturated heterocycles. The van der Waals surface area contributed by atoms with Gasteiger partial charge in [-0.05, 0) is 19.1 Å². The van der Waals surface area contributed by atoms with Gasteiger partial charge in [0.25, 0.3) is 0 Å². The van der Waals surface area contributed by atoms with E-state index < -0.39 is 12.2 Å². The van der Waals surface area contributed by atoms with Crippen molar-refractivity contribution in [2.45, 2.75) is 6.92 Å². The molecule has 0 radical (unpaired) electrons. The molecule has 6 heteroatoms. The summed E-state index contributed by atoms with van der Waals surface area (Å²) in [6.07, 6.45) is -1.12. The van der Waals surface area contributed by atoms with E-state index in [9.17, 15) is 9.59 Å². The van der Waals surface area contributed by atoms with Gasteiger partial charge in [-0.3, -0.25) is 5.32 Å². The average Bonchev–Trinajstić information content (AvgIpc) is 2.29.